The molecule has 1 N–H and O–H groups in total. The van der Waals surface area contributed by atoms with Crippen molar-refractivity contribution in [3.63, 3.8) is 0 Å². The normalized spacial score (nSPS) is 22.3. The number of hydrogen-bond donors (Lipinski definition) is 1. The second-order valence-electron chi connectivity index (χ2n) is 10.4. The van der Waals surface area contributed by atoms with E-state index in [0.717, 1.165) is 16.2 Å². The minimum atomic E-state index is -1.73. The molecule has 3 aromatic rings. The molecular formula is C29H26ClN5O6. The van der Waals surface area contributed by atoms with Crippen LogP contribution in [0, 0.1) is 15.5 Å². The van der Waals surface area contributed by atoms with Crippen molar-refractivity contribution in [1.29, 1.82) is 0 Å². The Morgan fingerprint density at radius 2 is 1.83 bits per heavy atom. The van der Waals surface area contributed by atoms with Gasteiger partial charge in [-0.3, -0.25) is 29.9 Å². The van der Waals surface area contributed by atoms with Crippen molar-refractivity contribution >= 4 is 46.5 Å². The van der Waals surface area contributed by atoms with Gasteiger partial charge in [0.15, 0.2) is 5.41 Å². The molecule has 41 heavy (non-hydrogen) atoms. The number of rotatable bonds is 5. The fourth-order valence-corrected chi connectivity index (χ4v) is 6.35. The van der Waals surface area contributed by atoms with E-state index in [-0.39, 0.29) is 17.8 Å². The Morgan fingerprint density at radius 1 is 1.07 bits per heavy atom. The lowest BCUT2D eigenvalue weighted by Gasteiger charge is -2.55. The van der Waals surface area contributed by atoms with E-state index < -0.39 is 34.2 Å². The van der Waals surface area contributed by atoms with Crippen molar-refractivity contribution in [1.82, 2.24) is 10.2 Å². The predicted octanol–water partition coefficient (Wildman–Crippen LogP) is 3.77. The van der Waals surface area contributed by atoms with Crippen LogP contribution in [0.5, 0.6) is 5.75 Å². The van der Waals surface area contributed by atoms with Crippen molar-refractivity contribution in [3.8, 4) is 5.75 Å². The minimum Gasteiger partial charge on any atom is -0.497 e. The molecule has 4 amide bonds. The average Bonchev–Trinajstić information content (AvgIpc) is 2.97. The third-order valence-electron chi connectivity index (χ3n) is 8.18. The summed E-state index contributed by atoms with van der Waals surface area (Å²) in [5.41, 5.74) is 0.564. The van der Waals surface area contributed by atoms with E-state index in [2.05, 4.69) is 10.2 Å². The summed E-state index contributed by atoms with van der Waals surface area (Å²) >= 11 is 6.44. The summed E-state index contributed by atoms with van der Waals surface area (Å²) in [5, 5.41) is 14.6. The highest BCUT2D eigenvalue weighted by atomic mass is 35.5. The molecule has 0 aliphatic carbocycles. The van der Waals surface area contributed by atoms with Crippen molar-refractivity contribution in [2.24, 2.45) is 5.41 Å². The highest BCUT2D eigenvalue weighted by Crippen LogP contribution is 2.47. The van der Waals surface area contributed by atoms with Gasteiger partial charge in [-0.2, -0.15) is 0 Å². The number of nitrogens with zero attached hydrogens (tertiary/aromatic N) is 4. The van der Waals surface area contributed by atoms with Crippen LogP contribution in [0.1, 0.15) is 11.1 Å². The molecule has 0 radical (unpaired) electrons. The number of anilines is 2. The number of amides is 4. The number of piperazine rings is 1. The minimum absolute atomic E-state index is 0.101. The molecular weight excluding hydrogens is 550 g/mol. The van der Waals surface area contributed by atoms with Crippen LogP contribution >= 0.6 is 11.6 Å². The van der Waals surface area contributed by atoms with Crippen LogP contribution in [0.2, 0.25) is 5.02 Å². The molecule has 0 bridgehead atoms. The van der Waals surface area contributed by atoms with Gasteiger partial charge in [0.1, 0.15) is 5.75 Å². The first kappa shape index (κ1) is 26.7. The number of non-ortho nitro benzene ring substituents is 1. The summed E-state index contributed by atoms with van der Waals surface area (Å²) in [6.45, 7) is 1.89. The molecule has 12 heteroatoms. The Kier molecular flexibility index (Phi) is 6.63. The lowest BCUT2D eigenvalue weighted by atomic mass is 9.67. The lowest BCUT2D eigenvalue weighted by molar-refractivity contribution is -0.384. The molecule has 0 aromatic heterocycles. The largest absolute Gasteiger partial charge is 0.497 e. The molecule has 0 saturated carbocycles. The maximum absolute atomic E-state index is 14.5. The highest BCUT2D eigenvalue weighted by Gasteiger charge is 2.63. The van der Waals surface area contributed by atoms with Gasteiger partial charge in [0.25, 0.3) is 11.6 Å². The summed E-state index contributed by atoms with van der Waals surface area (Å²) in [4.78, 5) is 57.7. The van der Waals surface area contributed by atoms with Gasteiger partial charge >= 0.3 is 6.03 Å². The number of fused-ring (bicyclic) bond motifs is 4. The number of hydrogen-bond acceptors (Lipinski definition) is 8. The van der Waals surface area contributed by atoms with Gasteiger partial charge < -0.3 is 9.64 Å². The molecule has 3 heterocycles. The van der Waals surface area contributed by atoms with Crippen LogP contribution in [0.25, 0.3) is 0 Å². The molecule has 3 aliphatic rings. The molecule has 2 fully saturated rings. The van der Waals surface area contributed by atoms with E-state index >= 15 is 0 Å². The van der Waals surface area contributed by atoms with Crippen LogP contribution in [0.3, 0.4) is 0 Å². The van der Waals surface area contributed by atoms with Gasteiger partial charge in [0, 0.05) is 55.4 Å². The number of ether oxygens (including phenoxy) is 1. The number of benzene rings is 3. The number of nitrogens with one attached hydrogen (secondary N) is 1. The van der Waals surface area contributed by atoms with E-state index in [1.165, 1.54) is 19.2 Å². The summed E-state index contributed by atoms with van der Waals surface area (Å²) in [5.74, 6) is -0.857. The van der Waals surface area contributed by atoms with Crippen LogP contribution in [-0.2, 0) is 22.6 Å². The van der Waals surface area contributed by atoms with E-state index in [0.29, 0.717) is 42.5 Å². The molecule has 2 atom stereocenters. The first-order valence-corrected chi connectivity index (χ1v) is 13.4. The zero-order valence-corrected chi connectivity index (χ0v) is 22.8. The average molecular weight is 576 g/mol. The summed E-state index contributed by atoms with van der Waals surface area (Å²) in [7, 11) is 1.51. The second-order valence-corrected chi connectivity index (χ2v) is 10.8. The van der Waals surface area contributed by atoms with Crippen LogP contribution in [-0.4, -0.2) is 60.5 Å². The summed E-state index contributed by atoms with van der Waals surface area (Å²) in [6.07, 6.45) is -0.101. The fraction of sp³-hybridized carbons (Fsp3) is 0.276. The number of nitro benzene ring substituents is 1. The van der Waals surface area contributed by atoms with Gasteiger partial charge in [-0.25, -0.2) is 9.69 Å². The van der Waals surface area contributed by atoms with Crippen molar-refractivity contribution in [2.75, 3.05) is 36.5 Å². The van der Waals surface area contributed by atoms with Crippen LogP contribution < -0.4 is 19.9 Å². The van der Waals surface area contributed by atoms with Crippen molar-refractivity contribution in [2.45, 2.75) is 19.0 Å². The molecule has 2 saturated heterocycles. The van der Waals surface area contributed by atoms with Gasteiger partial charge in [-0.1, -0.05) is 29.8 Å². The monoisotopic (exact) mass is 575 g/mol. The van der Waals surface area contributed by atoms with Gasteiger partial charge in [-0.05, 0) is 47.5 Å². The molecule has 11 nitrogen and oxygen atoms in total. The molecule has 0 unspecified atom stereocenters. The Bertz CT molecular complexity index is 1580. The van der Waals surface area contributed by atoms with Gasteiger partial charge in [0.05, 0.1) is 23.8 Å². The molecule has 210 valence electrons. The quantitative estimate of drug-likeness (QED) is 0.277. The number of nitro groups is 1. The van der Waals surface area contributed by atoms with E-state index in [9.17, 15) is 24.5 Å². The van der Waals surface area contributed by atoms with E-state index in [4.69, 9.17) is 16.3 Å². The topological polar surface area (TPSA) is 125 Å². The fourth-order valence-electron chi connectivity index (χ4n) is 6.16. The summed E-state index contributed by atoms with van der Waals surface area (Å²) < 4.78 is 5.21. The number of methoxy groups -OCH3 is 1. The SMILES string of the molecule is COc1ccc(N2C(=O)NC(=O)[C@@]3(Cc4cc([N+](=O)[O-])ccc4N4CCN(Cc5ccccc5Cl)C[C@H]43)C2=O)cc1. The smallest absolute Gasteiger partial charge is 0.335 e. The molecule has 1 spiro atoms. The first-order valence-electron chi connectivity index (χ1n) is 13.1. The van der Waals surface area contributed by atoms with Crippen molar-refractivity contribution < 1.29 is 24.0 Å². The molecule has 6 rings (SSSR count). The van der Waals surface area contributed by atoms with E-state index in [1.807, 2.05) is 29.2 Å². The number of halogens is 1. The third-order valence-corrected chi connectivity index (χ3v) is 8.55. The van der Waals surface area contributed by atoms with E-state index in [1.54, 1.807) is 30.3 Å². The van der Waals surface area contributed by atoms with Crippen LogP contribution in [0.4, 0.5) is 21.9 Å². The van der Waals surface area contributed by atoms with Gasteiger partial charge in [-0.15, -0.1) is 0 Å². The Morgan fingerprint density at radius 3 is 2.54 bits per heavy atom. The van der Waals surface area contributed by atoms with Crippen LogP contribution in [0.15, 0.2) is 66.7 Å². The molecule has 3 aromatic carbocycles. The zero-order chi connectivity index (χ0) is 28.9. The predicted molar refractivity (Wildman–Crippen MR) is 151 cm³/mol. The second kappa shape index (κ2) is 10.2. The first-order chi connectivity index (χ1) is 19.7. The van der Waals surface area contributed by atoms with Crippen molar-refractivity contribution in [3.05, 3.63) is 93.0 Å². The number of carbonyl (C=O) groups is 3. The third kappa shape index (κ3) is 4.37. The number of barbiturate groups is 1. The molecule has 3 aliphatic heterocycles. The summed E-state index contributed by atoms with van der Waals surface area (Å²) in [6, 6.07) is 16.9. The Labute approximate surface area is 240 Å². The zero-order valence-electron chi connectivity index (χ0n) is 22.1. The number of imide groups is 2. The lowest BCUT2D eigenvalue weighted by Crippen LogP contribution is -2.75. The Hall–Kier alpha value is -4.48. The standard InChI is InChI=1S/C29H26ClN5O6/c1-41-22-9-6-20(7-10-22)34-27(37)29(26(36)31-28(34)38)15-19-14-21(35(39)40)8-11-24(19)33-13-12-32(17-25(29)33)16-18-4-2-3-5-23(18)30/h2-11,14,25H,12-13,15-17H2,1H3,(H,31,36,38)/t25-,29-/m0/s1. The maximum Gasteiger partial charge on any atom is 0.335 e. The number of carbonyl (C=O) groups excluding carboxylic acids is 3. The number of urea groups is 1. The maximum atomic E-state index is 14.5. The highest BCUT2D eigenvalue weighted by molar-refractivity contribution is 6.31. The Balaban J connectivity index is 1.45. The van der Waals surface area contributed by atoms with Gasteiger partial charge in [0.2, 0.25) is 5.91 Å².